The first-order valence-corrected chi connectivity index (χ1v) is 11.8. The van der Waals surface area contributed by atoms with Crippen LogP contribution in [0.1, 0.15) is 29.8 Å². The highest BCUT2D eigenvalue weighted by atomic mass is 32.2. The number of hydrogen-bond acceptors (Lipinski definition) is 5. The summed E-state index contributed by atoms with van der Waals surface area (Å²) in [5.41, 5.74) is 1.05. The average Bonchev–Trinajstić information content (AvgIpc) is 2.65. The Morgan fingerprint density at radius 3 is 1.90 bits per heavy atom. The van der Waals surface area contributed by atoms with Gasteiger partial charge in [-0.25, -0.2) is 25.9 Å². The fraction of sp³-hybridized carbons (Fsp3) is 0.316. The van der Waals surface area contributed by atoms with Crippen LogP contribution in [-0.4, -0.2) is 47.2 Å². The molecular weight excluding hydrogens is 414 g/mol. The number of rotatable bonds is 8. The molecule has 0 unspecified atom stereocenters. The lowest BCUT2D eigenvalue weighted by molar-refractivity contribution is 0.0950. The lowest BCUT2D eigenvalue weighted by Gasteiger charge is -2.12. The Labute approximate surface area is 172 Å². The predicted octanol–water partition coefficient (Wildman–Crippen LogP) is 1.55. The fourth-order valence-corrected chi connectivity index (χ4v) is 4.59. The van der Waals surface area contributed by atoms with Crippen LogP contribution in [0.5, 0.6) is 0 Å². The summed E-state index contributed by atoms with van der Waals surface area (Å²) in [6.07, 6.45) is 0. The van der Waals surface area contributed by atoms with Gasteiger partial charge in [-0.15, -0.1) is 0 Å². The molecule has 158 valence electrons. The van der Waals surface area contributed by atoms with Crippen LogP contribution in [0.2, 0.25) is 0 Å². The fourth-order valence-electron chi connectivity index (χ4n) is 2.44. The molecule has 29 heavy (non-hydrogen) atoms. The lowest BCUT2D eigenvalue weighted by Crippen LogP contribution is -2.30. The van der Waals surface area contributed by atoms with Crippen LogP contribution in [0.3, 0.4) is 0 Å². The maximum atomic E-state index is 12.3. The zero-order valence-corrected chi connectivity index (χ0v) is 18.3. The Hall–Kier alpha value is -2.27. The van der Waals surface area contributed by atoms with Gasteiger partial charge in [0.1, 0.15) is 0 Å². The van der Waals surface area contributed by atoms with E-state index in [2.05, 4.69) is 10.0 Å². The summed E-state index contributed by atoms with van der Waals surface area (Å²) in [5, 5.41) is 2.72. The van der Waals surface area contributed by atoms with E-state index in [4.69, 9.17) is 0 Å². The van der Waals surface area contributed by atoms with E-state index < -0.39 is 20.0 Å². The third-order valence-corrected chi connectivity index (χ3v) is 7.48. The summed E-state index contributed by atoms with van der Waals surface area (Å²) < 4.78 is 52.0. The van der Waals surface area contributed by atoms with Gasteiger partial charge < -0.3 is 5.32 Å². The number of carbonyl (C=O) groups excluding carboxylic acids is 1. The molecule has 0 fully saturated rings. The van der Waals surface area contributed by atoms with Crippen molar-refractivity contribution in [2.45, 2.75) is 36.2 Å². The first-order chi connectivity index (χ1) is 13.4. The van der Waals surface area contributed by atoms with Gasteiger partial charge in [-0.3, -0.25) is 4.79 Å². The molecule has 0 aromatic heterocycles. The second kappa shape index (κ2) is 9.04. The van der Waals surface area contributed by atoms with Gasteiger partial charge in [0, 0.05) is 32.2 Å². The summed E-state index contributed by atoms with van der Waals surface area (Å²) in [7, 11) is -4.20. The van der Waals surface area contributed by atoms with Crippen molar-refractivity contribution in [2.24, 2.45) is 0 Å². The molecule has 2 rings (SSSR count). The smallest absolute Gasteiger partial charge is 0.251 e. The van der Waals surface area contributed by atoms with Crippen LogP contribution in [-0.2, 0) is 26.6 Å². The highest BCUT2D eigenvalue weighted by Crippen LogP contribution is 2.14. The largest absolute Gasteiger partial charge is 0.348 e. The Balaban J connectivity index is 2.03. The van der Waals surface area contributed by atoms with Gasteiger partial charge >= 0.3 is 0 Å². The van der Waals surface area contributed by atoms with Crippen LogP contribution >= 0.6 is 0 Å². The molecule has 0 aliphatic carbocycles. The normalized spacial score (nSPS) is 12.3. The molecule has 2 N–H and O–H groups in total. The average molecular weight is 440 g/mol. The highest BCUT2D eigenvalue weighted by Gasteiger charge is 2.17. The molecule has 1 amide bonds. The summed E-state index contributed by atoms with van der Waals surface area (Å²) >= 11 is 0. The Bertz CT molecular complexity index is 1060. The molecule has 0 radical (unpaired) electrons. The van der Waals surface area contributed by atoms with Crippen LogP contribution in [0, 0.1) is 0 Å². The first-order valence-electron chi connectivity index (χ1n) is 8.85. The molecule has 2 aromatic rings. The number of amides is 1. The first kappa shape index (κ1) is 23.0. The number of sulfonamides is 2. The zero-order chi connectivity index (χ0) is 21.8. The molecular formula is C19H25N3O5S2. The summed E-state index contributed by atoms with van der Waals surface area (Å²) in [6.45, 7) is 3.65. The van der Waals surface area contributed by atoms with Gasteiger partial charge in [-0.1, -0.05) is 12.1 Å². The van der Waals surface area contributed by atoms with E-state index in [9.17, 15) is 21.6 Å². The third-order valence-electron chi connectivity index (χ3n) is 3.97. The van der Waals surface area contributed by atoms with Gasteiger partial charge in [-0.05, 0) is 55.8 Å². The zero-order valence-electron chi connectivity index (χ0n) is 16.7. The summed E-state index contributed by atoms with van der Waals surface area (Å²) in [5.74, 6) is -0.365. The number of carbonyl (C=O) groups is 1. The van der Waals surface area contributed by atoms with Gasteiger partial charge in [0.15, 0.2) is 0 Å². The van der Waals surface area contributed by atoms with E-state index in [1.54, 1.807) is 26.0 Å². The predicted molar refractivity (Wildman–Crippen MR) is 110 cm³/mol. The molecule has 0 bridgehead atoms. The number of nitrogens with one attached hydrogen (secondary N) is 2. The second-order valence-corrected chi connectivity index (χ2v) is 10.8. The molecule has 0 saturated heterocycles. The molecule has 0 saturated carbocycles. The molecule has 2 aromatic carbocycles. The molecule has 0 heterocycles. The molecule has 8 nitrogen and oxygen atoms in total. The molecule has 0 aliphatic rings. The van der Waals surface area contributed by atoms with E-state index in [1.807, 2.05) is 0 Å². The van der Waals surface area contributed by atoms with Crippen LogP contribution in [0.25, 0.3) is 0 Å². The van der Waals surface area contributed by atoms with Crippen molar-refractivity contribution in [3.8, 4) is 0 Å². The minimum Gasteiger partial charge on any atom is -0.348 e. The maximum Gasteiger partial charge on any atom is 0.251 e. The van der Waals surface area contributed by atoms with Gasteiger partial charge in [0.05, 0.1) is 9.79 Å². The number of hydrogen-bond donors (Lipinski definition) is 2. The van der Waals surface area contributed by atoms with Crippen molar-refractivity contribution in [3.05, 3.63) is 59.7 Å². The molecule has 0 atom stereocenters. The number of nitrogens with zero attached hydrogens (tertiary/aromatic N) is 1. The summed E-state index contributed by atoms with van der Waals surface area (Å²) in [4.78, 5) is 12.5. The Morgan fingerprint density at radius 2 is 1.41 bits per heavy atom. The molecule has 0 aliphatic heterocycles. The van der Waals surface area contributed by atoms with Crippen LogP contribution in [0.15, 0.2) is 58.3 Å². The van der Waals surface area contributed by atoms with E-state index in [0.717, 1.165) is 9.87 Å². The SMILES string of the molecule is CC(C)NS(=O)(=O)c1ccc(C(=O)NCc2ccc(S(=O)(=O)N(C)C)cc2)cc1. The van der Waals surface area contributed by atoms with Crippen molar-refractivity contribution >= 4 is 26.0 Å². The van der Waals surface area contributed by atoms with Crippen molar-refractivity contribution in [1.82, 2.24) is 14.3 Å². The van der Waals surface area contributed by atoms with Crippen molar-refractivity contribution in [2.75, 3.05) is 14.1 Å². The Kier molecular flexibility index (Phi) is 7.17. The minimum atomic E-state index is -3.61. The van der Waals surface area contributed by atoms with E-state index >= 15 is 0 Å². The van der Waals surface area contributed by atoms with Crippen molar-refractivity contribution in [3.63, 3.8) is 0 Å². The van der Waals surface area contributed by atoms with E-state index in [-0.39, 0.29) is 28.3 Å². The monoisotopic (exact) mass is 439 g/mol. The maximum absolute atomic E-state index is 12.3. The van der Waals surface area contributed by atoms with Gasteiger partial charge in [-0.2, -0.15) is 0 Å². The van der Waals surface area contributed by atoms with Gasteiger partial charge in [0.25, 0.3) is 5.91 Å². The van der Waals surface area contributed by atoms with Gasteiger partial charge in [0.2, 0.25) is 20.0 Å². The number of benzene rings is 2. The molecule has 10 heteroatoms. The second-order valence-electron chi connectivity index (χ2n) is 6.91. The lowest BCUT2D eigenvalue weighted by atomic mass is 10.2. The standard InChI is InChI=1S/C19H25N3O5S2/c1-14(2)21-28(24,25)17-11-7-16(8-12-17)19(23)20-13-15-5-9-18(10-6-15)29(26,27)22(3)4/h5-12,14,21H,13H2,1-4H3,(H,20,23). The van der Waals surface area contributed by atoms with Crippen LogP contribution < -0.4 is 10.0 Å². The van der Waals surface area contributed by atoms with Crippen molar-refractivity contribution in [1.29, 1.82) is 0 Å². The third kappa shape index (κ3) is 5.86. The van der Waals surface area contributed by atoms with Crippen molar-refractivity contribution < 1.29 is 21.6 Å². The quantitative estimate of drug-likeness (QED) is 0.648. The van der Waals surface area contributed by atoms with Crippen LogP contribution in [0.4, 0.5) is 0 Å². The Morgan fingerprint density at radius 1 is 0.897 bits per heavy atom. The van der Waals surface area contributed by atoms with E-state index in [1.165, 1.54) is 50.5 Å². The molecule has 0 spiro atoms. The highest BCUT2D eigenvalue weighted by molar-refractivity contribution is 7.89. The topological polar surface area (TPSA) is 113 Å². The summed E-state index contributed by atoms with van der Waals surface area (Å²) in [6, 6.07) is 11.6. The minimum absolute atomic E-state index is 0.0837. The van der Waals surface area contributed by atoms with E-state index in [0.29, 0.717) is 5.56 Å².